The number of aromatic nitrogens is 6. The molecule has 2 aromatic heterocycles. The summed E-state index contributed by atoms with van der Waals surface area (Å²) in [5.74, 6) is 0.210. The van der Waals surface area contributed by atoms with Gasteiger partial charge in [-0.1, -0.05) is 0 Å². The molecule has 0 aliphatic rings. The fraction of sp³-hybridized carbons (Fsp3) is 0.0909. The normalized spacial score (nSPS) is 11.8. The molecule has 0 radical (unpaired) electrons. The third kappa shape index (κ3) is 2.42. The highest BCUT2D eigenvalue weighted by Gasteiger charge is 2.33. The fourth-order valence-corrected chi connectivity index (χ4v) is 1.82. The summed E-state index contributed by atoms with van der Waals surface area (Å²) < 4.78 is 38.9. The molecule has 3 N–H and O–H groups in total. The minimum Gasteiger partial charge on any atom is -0.399 e. The highest BCUT2D eigenvalue weighted by molar-refractivity contribution is 5.71. The van der Waals surface area contributed by atoms with Gasteiger partial charge in [0.15, 0.2) is 5.69 Å². The van der Waals surface area contributed by atoms with Crippen molar-refractivity contribution in [1.29, 1.82) is 0 Å². The Bertz CT molecular complexity index is 760. The molecule has 1 aromatic carbocycles. The summed E-state index contributed by atoms with van der Waals surface area (Å²) in [7, 11) is 0. The smallest absolute Gasteiger partial charge is 0.399 e. The quantitative estimate of drug-likeness (QED) is 0.700. The van der Waals surface area contributed by atoms with E-state index in [9.17, 15) is 13.2 Å². The van der Waals surface area contributed by atoms with E-state index in [-0.39, 0.29) is 5.82 Å². The van der Waals surface area contributed by atoms with Crippen LogP contribution in [-0.4, -0.2) is 30.4 Å². The summed E-state index contributed by atoms with van der Waals surface area (Å²) in [6, 6.07) is 5.51. The van der Waals surface area contributed by atoms with Gasteiger partial charge in [-0.05, 0) is 29.5 Å². The van der Waals surface area contributed by atoms with Crippen molar-refractivity contribution < 1.29 is 13.2 Å². The molecule has 3 aromatic rings. The van der Waals surface area contributed by atoms with E-state index in [2.05, 4.69) is 25.7 Å². The van der Waals surface area contributed by atoms with E-state index in [1.807, 2.05) is 0 Å². The number of benzene rings is 1. The monoisotopic (exact) mass is 295 g/mol. The van der Waals surface area contributed by atoms with Crippen LogP contribution in [0.4, 0.5) is 18.9 Å². The number of nitrogens with one attached hydrogen (secondary N) is 1. The molecular formula is C11H8F3N7. The van der Waals surface area contributed by atoms with Gasteiger partial charge >= 0.3 is 6.18 Å². The SMILES string of the molecule is Nc1ccc(-n2ccc(C(F)(F)F)n2)c(-c2nn[nH]n2)c1. The minimum atomic E-state index is -4.51. The second-order valence-corrected chi connectivity index (χ2v) is 4.16. The zero-order valence-electron chi connectivity index (χ0n) is 10.3. The molecule has 3 rings (SSSR count). The van der Waals surface area contributed by atoms with Crippen LogP contribution in [0.3, 0.4) is 0 Å². The maximum absolute atomic E-state index is 12.6. The fourth-order valence-electron chi connectivity index (χ4n) is 1.82. The van der Waals surface area contributed by atoms with Gasteiger partial charge in [-0.3, -0.25) is 0 Å². The van der Waals surface area contributed by atoms with Crippen molar-refractivity contribution in [3.63, 3.8) is 0 Å². The lowest BCUT2D eigenvalue weighted by atomic mass is 10.1. The van der Waals surface area contributed by atoms with Gasteiger partial charge in [0.05, 0.1) is 11.3 Å². The maximum Gasteiger partial charge on any atom is 0.435 e. The maximum atomic E-state index is 12.6. The number of nitrogens with zero attached hydrogens (tertiary/aromatic N) is 5. The van der Waals surface area contributed by atoms with Crippen LogP contribution in [0.5, 0.6) is 0 Å². The topological polar surface area (TPSA) is 98.3 Å². The van der Waals surface area contributed by atoms with Crippen molar-refractivity contribution in [2.45, 2.75) is 6.18 Å². The van der Waals surface area contributed by atoms with Gasteiger partial charge in [0, 0.05) is 11.9 Å². The van der Waals surface area contributed by atoms with E-state index >= 15 is 0 Å². The molecule has 0 bridgehead atoms. The van der Waals surface area contributed by atoms with Crippen LogP contribution in [0.2, 0.25) is 0 Å². The number of alkyl halides is 3. The Morgan fingerprint density at radius 1 is 1.19 bits per heavy atom. The number of halogens is 3. The predicted molar refractivity (Wildman–Crippen MR) is 66.2 cm³/mol. The van der Waals surface area contributed by atoms with Crippen LogP contribution in [0.25, 0.3) is 17.1 Å². The van der Waals surface area contributed by atoms with Gasteiger partial charge in [0.1, 0.15) is 0 Å². The standard InChI is InChI=1S/C11H8F3N7/c12-11(13,14)9-3-4-21(18-9)8-2-1-6(15)5-7(8)10-16-19-20-17-10/h1-5H,15H2,(H,16,17,19,20). The van der Waals surface area contributed by atoms with Gasteiger partial charge in [-0.15, -0.1) is 10.2 Å². The summed E-state index contributed by atoms with van der Waals surface area (Å²) in [4.78, 5) is 0. The van der Waals surface area contributed by atoms with Crippen molar-refractivity contribution in [3.8, 4) is 17.1 Å². The van der Waals surface area contributed by atoms with Gasteiger partial charge < -0.3 is 5.73 Å². The third-order valence-electron chi connectivity index (χ3n) is 2.73. The number of aromatic amines is 1. The van der Waals surface area contributed by atoms with E-state index in [0.717, 1.165) is 10.7 Å². The van der Waals surface area contributed by atoms with Crippen LogP contribution >= 0.6 is 0 Å². The van der Waals surface area contributed by atoms with Crippen LogP contribution in [-0.2, 0) is 6.18 Å². The first-order chi connectivity index (χ1) is 9.95. The first kappa shape index (κ1) is 13.1. The number of nitrogens with two attached hydrogens (primary N) is 1. The molecule has 10 heteroatoms. The zero-order chi connectivity index (χ0) is 15.0. The minimum absolute atomic E-state index is 0.210. The second kappa shape index (κ2) is 4.58. The molecule has 0 unspecified atom stereocenters. The average Bonchev–Trinajstić information content (AvgIpc) is 3.09. The number of hydrogen-bond donors (Lipinski definition) is 2. The van der Waals surface area contributed by atoms with E-state index in [1.165, 1.54) is 18.3 Å². The Morgan fingerprint density at radius 2 is 2.00 bits per heavy atom. The van der Waals surface area contributed by atoms with Crippen molar-refractivity contribution >= 4 is 5.69 Å². The van der Waals surface area contributed by atoms with E-state index in [0.29, 0.717) is 16.9 Å². The number of nitrogen functional groups attached to an aromatic ring is 1. The Balaban J connectivity index is 2.13. The number of anilines is 1. The van der Waals surface area contributed by atoms with Gasteiger partial charge in [0.25, 0.3) is 0 Å². The molecule has 21 heavy (non-hydrogen) atoms. The largest absolute Gasteiger partial charge is 0.435 e. The zero-order valence-corrected chi connectivity index (χ0v) is 10.3. The van der Waals surface area contributed by atoms with Crippen LogP contribution in [0.15, 0.2) is 30.5 Å². The molecule has 0 aliphatic heterocycles. The lowest BCUT2D eigenvalue weighted by molar-refractivity contribution is -0.141. The van der Waals surface area contributed by atoms with Gasteiger partial charge in [-0.25, -0.2) is 4.68 Å². The third-order valence-corrected chi connectivity index (χ3v) is 2.73. The average molecular weight is 295 g/mol. The second-order valence-electron chi connectivity index (χ2n) is 4.16. The lowest BCUT2D eigenvalue weighted by Gasteiger charge is -2.08. The van der Waals surface area contributed by atoms with E-state index < -0.39 is 11.9 Å². The summed E-state index contributed by atoms with van der Waals surface area (Å²) in [6.07, 6.45) is -3.30. The molecule has 0 atom stereocenters. The van der Waals surface area contributed by atoms with Crippen LogP contribution in [0, 0.1) is 0 Å². The summed E-state index contributed by atoms with van der Waals surface area (Å²) >= 11 is 0. The van der Waals surface area contributed by atoms with Crippen molar-refractivity contribution in [2.75, 3.05) is 5.73 Å². The highest BCUT2D eigenvalue weighted by atomic mass is 19.4. The van der Waals surface area contributed by atoms with Crippen molar-refractivity contribution in [3.05, 3.63) is 36.2 Å². The Kier molecular flexibility index (Phi) is 2.85. The van der Waals surface area contributed by atoms with E-state index in [1.54, 1.807) is 6.07 Å². The van der Waals surface area contributed by atoms with Crippen LogP contribution in [0.1, 0.15) is 5.69 Å². The molecule has 0 saturated carbocycles. The number of hydrogen-bond acceptors (Lipinski definition) is 5. The Labute approximate surface area is 115 Å². The number of tetrazole rings is 1. The molecule has 2 heterocycles. The molecule has 0 saturated heterocycles. The molecule has 0 spiro atoms. The predicted octanol–water partition coefficient (Wildman–Crippen LogP) is 1.65. The van der Waals surface area contributed by atoms with E-state index in [4.69, 9.17) is 5.73 Å². The Hall–Kier alpha value is -2.91. The summed E-state index contributed by atoms with van der Waals surface area (Å²) in [6.45, 7) is 0. The first-order valence-electron chi connectivity index (χ1n) is 5.72. The summed E-state index contributed by atoms with van der Waals surface area (Å²) in [5, 5.41) is 16.8. The van der Waals surface area contributed by atoms with Crippen molar-refractivity contribution in [1.82, 2.24) is 30.4 Å². The number of rotatable bonds is 2. The molecule has 0 aliphatic carbocycles. The van der Waals surface area contributed by atoms with Gasteiger partial charge in [0.2, 0.25) is 5.82 Å². The molecule has 0 amide bonds. The molecule has 108 valence electrons. The Morgan fingerprint density at radius 3 is 2.62 bits per heavy atom. The lowest BCUT2D eigenvalue weighted by Crippen LogP contribution is -2.08. The summed E-state index contributed by atoms with van der Waals surface area (Å²) in [5.41, 5.74) is 5.90. The molecule has 0 fully saturated rings. The number of H-pyrrole nitrogens is 1. The van der Waals surface area contributed by atoms with Crippen molar-refractivity contribution in [2.24, 2.45) is 0 Å². The highest BCUT2D eigenvalue weighted by Crippen LogP contribution is 2.30. The van der Waals surface area contributed by atoms with Crippen LogP contribution < -0.4 is 5.73 Å². The molecule has 7 nitrogen and oxygen atoms in total. The molecular weight excluding hydrogens is 287 g/mol. The first-order valence-corrected chi connectivity index (χ1v) is 5.72. The van der Waals surface area contributed by atoms with Gasteiger partial charge in [-0.2, -0.15) is 23.5 Å².